The number of aromatic nitrogens is 4. The normalized spacial score (nSPS) is 13.9. The molecule has 0 unspecified atom stereocenters. The molecule has 12 nitrogen and oxygen atoms in total. The third kappa shape index (κ3) is 12.6. The highest BCUT2D eigenvalue weighted by atomic mass is 35.5. The number of benzene rings is 1. The van der Waals surface area contributed by atoms with Gasteiger partial charge in [-0.3, -0.25) is 24.2 Å². The zero-order valence-corrected chi connectivity index (χ0v) is 28.4. The summed E-state index contributed by atoms with van der Waals surface area (Å²) in [6.07, 6.45) is -8.36. The Bertz CT molecular complexity index is 1990. The summed E-state index contributed by atoms with van der Waals surface area (Å²) in [5.74, 6) is -4.62. The van der Waals surface area contributed by atoms with Crippen LogP contribution in [0.1, 0.15) is 17.5 Å². The molecule has 1 fully saturated rings. The number of Topliss-reactive ketones (excluding diaryl/α,β-unsaturated/α-hetero) is 2. The van der Waals surface area contributed by atoms with Gasteiger partial charge in [-0.1, -0.05) is 17.7 Å². The van der Waals surface area contributed by atoms with Crippen molar-refractivity contribution in [1.82, 2.24) is 19.9 Å². The first-order chi connectivity index (χ1) is 25.7. The second kappa shape index (κ2) is 17.5. The van der Waals surface area contributed by atoms with Gasteiger partial charge in [0.15, 0.2) is 5.82 Å². The Morgan fingerprint density at radius 3 is 2.13 bits per heavy atom. The first-order valence-corrected chi connectivity index (χ1v) is 15.9. The number of anilines is 6. The summed E-state index contributed by atoms with van der Waals surface area (Å²) in [4.78, 5) is 60.6. The first kappa shape index (κ1) is 41.9. The maximum Gasteiger partial charge on any atom is 0.458 e. The first-order valence-electron chi connectivity index (χ1n) is 15.6. The number of rotatable bonds is 5. The zero-order valence-electron chi connectivity index (χ0n) is 27.7. The Morgan fingerprint density at radius 2 is 1.53 bits per heavy atom. The van der Waals surface area contributed by atoms with Gasteiger partial charge in [-0.25, -0.2) is 9.97 Å². The van der Waals surface area contributed by atoms with Crippen molar-refractivity contribution in [2.45, 2.75) is 37.8 Å². The summed E-state index contributed by atoms with van der Waals surface area (Å²) in [6.45, 7) is 1.67. The zero-order chi connectivity index (χ0) is 40.6. The molecule has 0 radical (unpaired) electrons. The quantitative estimate of drug-likeness (QED) is 0.109. The van der Waals surface area contributed by atoms with E-state index in [0.29, 0.717) is 29.1 Å². The second-order valence-electron chi connectivity index (χ2n) is 11.6. The van der Waals surface area contributed by atoms with Gasteiger partial charge in [-0.05, 0) is 60.4 Å². The molecule has 5 heterocycles. The SMILES string of the molecule is O=C(C(=O)C(F)(F)F)C(F)(F)F.O=C(CC1CN(c2ccccn2)C1)Nc1ccc2cc1CCc1cncc(c1)Nc1ncc(Cl)c(n1)N2.O=CC(F)(F)F. The number of ketones is 2. The molecule has 22 heteroatoms. The summed E-state index contributed by atoms with van der Waals surface area (Å²) in [5.41, 5.74) is 4.52. The number of halogens is 10. The van der Waals surface area contributed by atoms with E-state index in [0.717, 1.165) is 59.9 Å². The van der Waals surface area contributed by atoms with Crippen LogP contribution in [-0.2, 0) is 32.0 Å². The van der Waals surface area contributed by atoms with Crippen molar-refractivity contribution >= 4 is 70.0 Å². The van der Waals surface area contributed by atoms with Crippen LogP contribution >= 0.6 is 11.6 Å². The molecule has 1 amide bonds. The number of nitrogens with one attached hydrogen (secondary N) is 3. The molecule has 4 aromatic rings. The van der Waals surface area contributed by atoms with E-state index in [4.69, 9.17) is 16.4 Å². The number of alkyl halides is 9. The van der Waals surface area contributed by atoms with Crippen molar-refractivity contribution < 1.29 is 58.7 Å². The Hall–Kier alpha value is -5.86. The third-order valence-corrected chi connectivity index (χ3v) is 7.66. The molecule has 6 rings (SSSR count). The lowest BCUT2D eigenvalue weighted by molar-refractivity contribution is -0.193. The second-order valence-corrected chi connectivity index (χ2v) is 12.0. The topological polar surface area (TPSA) is 159 Å². The number of carbonyl (C=O) groups is 4. The van der Waals surface area contributed by atoms with E-state index in [1.807, 2.05) is 48.7 Å². The number of fused-ring (bicyclic) bond motifs is 6. The van der Waals surface area contributed by atoms with Crippen LogP contribution in [0.25, 0.3) is 0 Å². The van der Waals surface area contributed by atoms with Gasteiger partial charge < -0.3 is 20.9 Å². The van der Waals surface area contributed by atoms with E-state index in [-0.39, 0.29) is 5.91 Å². The third-order valence-electron chi connectivity index (χ3n) is 7.38. The minimum atomic E-state index is -5.77. The van der Waals surface area contributed by atoms with E-state index in [9.17, 15) is 53.9 Å². The van der Waals surface area contributed by atoms with Crippen LogP contribution in [0, 0.1) is 5.92 Å². The predicted molar refractivity (Wildman–Crippen MR) is 179 cm³/mol. The van der Waals surface area contributed by atoms with Crippen LogP contribution in [0.4, 0.5) is 74.2 Å². The van der Waals surface area contributed by atoms with Gasteiger partial charge in [0.1, 0.15) is 10.8 Å². The lowest BCUT2D eigenvalue weighted by Crippen LogP contribution is -2.48. The number of hydrogen-bond acceptors (Lipinski definition) is 11. The van der Waals surface area contributed by atoms with Crippen molar-refractivity contribution in [3.8, 4) is 0 Å². The van der Waals surface area contributed by atoms with Crippen molar-refractivity contribution in [2.75, 3.05) is 33.9 Å². The lowest BCUT2D eigenvalue weighted by Gasteiger charge is -2.39. The molecular formula is C33H26ClF9N8O4. The van der Waals surface area contributed by atoms with Crippen molar-refractivity contribution in [3.05, 3.63) is 83.4 Å². The Labute approximate surface area is 309 Å². The fourth-order valence-corrected chi connectivity index (χ4v) is 5.04. The molecule has 1 aromatic carbocycles. The van der Waals surface area contributed by atoms with E-state index in [1.165, 1.54) is 0 Å². The van der Waals surface area contributed by atoms with E-state index < -0.39 is 36.4 Å². The van der Waals surface area contributed by atoms with Gasteiger partial charge in [0.25, 0.3) is 0 Å². The van der Waals surface area contributed by atoms with Gasteiger partial charge >= 0.3 is 30.1 Å². The molecule has 0 atom stereocenters. The molecule has 55 heavy (non-hydrogen) atoms. The minimum absolute atomic E-state index is 0.0156. The molecule has 0 aliphatic carbocycles. The minimum Gasteiger partial charge on any atom is -0.356 e. The highest BCUT2D eigenvalue weighted by Gasteiger charge is 2.54. The van der Waals surface area contributed by atoms with Crippen LogP contribution in [0.15, 0.2) is 67.3 Å². The van der Waals surface area contributed by atoms with Gasteiger partial charge in [0.2, 0.25) is 18.1 Å². The van der Waals surface area contributed by atoms with Crippen LogP contribution in [0.2, 0.25) is 5.02 Å². The monoisotopic (exact) mass is 804 g/mol. The summed E-state index contributed by atoms with van der Waals surface area (Å²) in [6, 6.07) is 13.8. The predicted octanol–water partition coefficient (Wildman–Crippen LogP) is 6.97. The number of aldehydes is 1. The molecule has 6 bridgehead atoms. The molecular weight excluding hydrogens is 779 g/mol. The van der Waals surface area contributed by atoms with Crippen molar-refractivity contribution in [2.24, 2.45) is 5.92 Å². The van der Waals surface area contributed by atoms with Gasteiger partial charge in [0.05, 0.1) is 18.1 Å². The van der Waals surface area contributed by atoms with Gasteiger partial charge in [0, 0.05) is 49.2 Å². The van der Waals surface area contributed by atoms with Crippen LogP contribution in [0.3, 0.4) is 0 Å². The van der Waals surface area contributed by atoms with Gasteiger partial charge in [-0.15, -0.1) is 0 Å². The molecule has 2 aliphatic rings. The fraction of sp³-hybridized carbons (Fsp3) is 0.273. The van der Waals surface area contributed by atoms with E-state index in [2.05, 4.69) is 40.8 Å². The Morgan fingerprint density at radius 1 is 0.855 bits per heavy atom. The summed E-state index contributed by atoms with van der Waals surface area (Å²) in [7, 11) is 0. The standard InChI is InChI=1S/C27H25ClN8O.C4F6O2.C2HF3O/c28-22-14-31-27-33-21-9-17(12-29-13-21)4-5-19-11-20(32-26(22)35-27)6-7-23(19)34-25(37)10-18-15-36(16-18)24-3-1-2-8-30-24;5-3(6,7)1(11)2(12)4(8,9)10;3-2(4,5)1-6/h1-3,6-9,11-14,18H,4-5,10,15-16H2,(H,34,37)(H2,31,32,33,35);;1H. The highest BCUT2D eigenvalue weighted by Crippen LogP contribution is 2.31. The van der Waals surface area contributed by atoms with E-state index in [1.54, 1.807) is 18.6 Å². The molecule has 0 saturated carbocycles. The number of nitrogens with zero attached hydrogens (tertiary/aromatic N) is 5. The smallest absolute Gasteiger partial charge is 0.356 e. The molecule has 2 aliphatic heterocycles. The summed E-state index contributed by atoms with van der Waals surface area (Å²) < 4.78 is 98.2. The van der Waals surface area contributed by atoms with Crippen molar-refractivity contribution in [1.29, 1.82) is 0 Å². The number of amides is 1. The van der Waals surface area contributed by atoms with Crippen molar-refractivity contribution in [3.63, 3.8) is 0 Å². The molecule has 292 valence electrons. The molecule has 3 aromatic heterocycles. The fourth-order valence-electron chi connectivity index (χ4n) is 4.90. The molecule has 0 spiro atoms. The number of carbonyl (C=O) groups excluding carboxylic acids is 4. The number of aryl methyl sites for hydroxylation is 2. The van der Waals surface area contributed by atoms with Gasteiger partial charge in [-0.2, -0.15) is 44.5 Å². The average Bonchev–Trinajstić information content (AvgIpc) is 3.10. The molecule has 3 N–H and O–H groups in total. The maximum absolute atomic E-state index is 12.9. The number of pyridine rings is 2. The Kier molecular flexibility index (Phi) is 13.3. The number of hydrogen-bond donors (Lipinski definition) is 3. The highest BCUT2D eigenvalue weighted by molar-refractivity contribution is 6.41. The maximum atomic E-state index is 12.9. The van der Waals surface area contributed by atoms with Crippen LogP contribution in [-0.4, -0.2) is 75.3 Å². The van der Waals surface area contributed by atoms with Crippen LogP contribution < -0.4 is 20.9 Å². The molecule has 1 saturated heterocycles. The average molecular weight is 805 g/mol. The summed E-state index contributed by atoms with van der Waals surface area (Å²) >= 11 is 6.36. The summed E-state index contributed by atoms with van der Waals surface area (Å²) in [5, 5.41) is 10.0. The largest absolute Gasteiger partial charge is 0.458 e. The van der Waals surface area contributed by atoms with Crippen LogP contribution in [0.5, 0.6) is 0 Å². The van der Waals surface area contributed by atoms with E-state index >= 15 is 0 Å². The lowest BCUT2D eigenvalue weighted by atomic mass is 9.95. The Balaban J connectivity index is 0.000000312.